The molecule has 0 aliphatic heterocycles. The van der Waals surface area contributed by atoms with E-state index in [1.165, 1.54) is 0 Å². The first-order valence-corrected chi connectivity index (χ1v) is 3.94. The van der Waals surface area contributed by atoms with E-state index in [2.05, 4.69) is 0 Å². The summed E-state index contributed by atoms with van der Waals surface area (Å²) in [7, 11) is 0. The van der Waals surface area contributed by atoms with Crippen molar-refractivity contribution in [3.63, 3.8) is 0 Å². The van der Waals surface area contributed by atoms with Crippen LogP contribution in [0.4, 0.5) is 17.6 Å². The van der Waals surface area contributed by atoms with Gasteiger partial charge in [0.1, 0.15) is 5.82 Å². The Hall–Kier alpha value is -1.54. The fourth-order valence-electron chi connectivity index (χ4n) is 1.05. The lowest BCUT2D eigenvalue weighted by Gasteiger charge is -2.11. The highest BCUT2D eigenvalue weighted by molar-refractivity contribution is 5.32. The molecule has 1 atom stereocenters. The van der Waals surface area contributed by atoms with Gasteiger partial charge in [0, 0.05) is 5.56 Å². The molecule has 1 aromatic rings. The Morgan fingerprint density at radius 1 is 1.33 bits per heavy atom. The molecular weight excluding hydrogens is 210 g/mol. The van der Waals surface area contributed by atoms with Crippen molar-refractivity contribution >= 4 is 0 Å². The average Bonchev–Trinajstić information content (AvgIpc) is 2.15. The Morgan fingerprint density at radius 3 is 2.40 bits per heavy atom. The van der Waals surface area contributed by atoms with Crippen molar-refractivity contribution < 1.29 is 17.6 Å². The molecule has 80 valence electrons. The molecule has 1 aromatic carbocycles. The van der Waals surface area contributed by atoms with Crippen LogP contribution in [0.25, 0.3) is 0 Å². The molecule has 1 rings (SSSR count). The molecule has 1 unspecified atom stereocenters. The maximum atomic E-state index is 13.1. The van der Waals surface area contributed by atoms with Gasteiger partial charge in [-0.2, -0.15) is 13.2 Å². The first kappa shape index (κ1) is 11.5. The molecule has 0 aromatic heterocycles. The molecule has 2 N–H and O–H groups in total. The lowest BCUT2D eigenvalue weighted by atomic mass is 10.0. The molecule has 1 nitrogen and oxygen atoms in total. The van der Waals surface area contributed by atoms with E-state index in [1.807, 2.05) is 5.92 Å². The summed E-state index contributed by atoms with van der Waals surface area (Å²) < 4.78 is 49.8. The van der Waals surface area contributed by atoms with Crippen LogP contribution in [0.1, 0.15) is 17.2 Å². The van der Waals surface area contributed by atoms with E-state index >= 15 is 0 Å². The molecule has 0 aliphatic rings. The lowest BCUT2D eigenvalue weighted by molar-refractivity contribution is -0.137. The van der Waals surface area contributed by atoms with Crippen molar-refractivity contribution in [2.24, 2.45) is 5.73 Å². The van der Waals surface area contributed by atoms with Crippen LogP contribution < -0.4 is 5.73 Å². The predicted molar refractivity (Wildman–Crippen MR) is 47.2 cm³/mol. The fourth-order valence-corrected chi connectivity index (χ4v) is 1.05. The Morgan fingerprint density at radius 2 is 1.93 bits per heavy atom. The summed E-state index contributed by atoms with van der Waals surface area (Å²) in [5, 5.41) is 0. The third kappa shape index (κ3) is 2.48. The number of halogens is 4. The number of alkyl halides is 3. The van der Waals surface area contributed by atoms with Crippen molar-refractivity contribution in [3.05, 3.63) is 35.1 Å². The molecule has 0 aliphatic carbocycles. The second kappa shape index (κ2) is 3.91. The zero-order valence-electron chi connectivity index (χ0n) is 7.48. The third-order valence-corrected chi connectivity index (χ3v) is 1.84. The van der Waals surface area contributed by atoms with Gasteiger partial charge in [0.25, 0.3) is 0 Å². The monoisotopic (exact) mass is 217 g/mol. The van der Waals surface area contributed by atoms with Gasteiger partial charge in [-0.15, -0.1) is 6.42 Å². The van der Waals surface area contributed by atoms with Gasteiger partial charge in [-0.1, -0.05) is 5.92 Å². The first-order chi connectivity index (χ1) is 6.86. The van der Waals surface area contributed by atoms with E-state index in [1.54, 1.807) is 0 Å². The van der Waals surface area contributed by atoms with Gasteiger partial charge in [0.05, 0.1) is 11.6 Å². The molecular formula is C10H7F4N. The van der Waals surface area contributed by atoms with Gasteiger partial charge in [0.2, 0.25) is 0 Å². The summed E-state index contributed by atoms with van der Waals surface area (Å²) in [5.41, 5.74) is 3.97. The van der Waals surface area contributed by atoms with E-state index in [0.717, 1.165) is 0 Å². The van der Waals surface area contributed by atoms with E-state index in [-0.39, 0.29) is 5.56 Å². The van der Waals surface area contributed by atoms with Crippen molar-refractivity contribution in [2.45, 2.75) is 12.2 Å². The van der Waals surface area contributed by atoms with Gasteiger partial charge in [-0.3, -0.25) is 0 Å². The van der Waals surface area contributed by atoms with E-state index in [9.17, 15) is 17.6 Å². The summed E-state index contributed by atoms with van der Waals surface area (Å²) in [6.07, 6.45) is 0.378. The van der Waals surface area contributed by atoms with Gasteiger partial charge >= 0.3 is 6.18 Å². The van der Waals surface area contributed by atoms with Crippen LogP contribution in [-0.4, -0.2) is 0 Å². The molecule has 0 amide bonds. The molecule has 0 saturated heterocycles. The predicted octanol–water partition coefficient (Wildman–Crippen LogP) is 2.48. The van der Waals surface area contributed by atoms with E-state index in [0.29, 0.717) is 18.2 Å². The standard InChI is InChI=1S/C10H7F4N/c1-2-9(15)7-5-6(10(12,13)14)3-4-8(7)11/h1,3-5,9H,15H2. The summed E-state index contributed by atoms with van der Waals surface area (Å²) in [6.45, 7) is 0. The smallest absolute Gasteiger partial charge is 0.314 e. The third-order valence-electron chi connectivity index (χ3n) is 1.84. The molecule has 0 fully saturated rings. The zero-order chi connectivity index (χ0) is 11.6. The number of benzene rings is 1. The number of hydrogen-bond donors (Lipinski definition) is 1. The maximum Gasteiger partial charge on any atom is 0.416 e. The molecule has 0 heterocycles. The van der Waals surface area contributed by atoms with Crippen LogP contribution in [0.5, 0.6) is 0 Å². The number of terminal acetylenes is 1. The van der Waals surface area contributed by atoms with Crippen LogP contribution in [0, 0.1) is 18.2 Å². The second-order valence-electron chi connectivity index (χ2n) is 2.88. The summed E-state index contributed by atoms with van der Waals surface area (Å²) in [4.78, 5) is 0. The SMILES string of the molecule is C#CC(N)c1cc(C(F)(F)F)ccc1F. The van der Waals surface area contributed by atoms with Gasteiger partial charge in [0.15, 0.2) is 0 Å². The largest absolute Gasteiger partial charge is 0.416 e. The molecule has 0 radical (unpaired) electrons. The molecule has 0 bridgehead atoms. The molecule has 0 saturated carbocycles. The Balaban J connectivity index is 3.24. The fraction of sp³-hybridized carbons (Fsp3) is 0.200. The Labute approximate surface area is 83.9 Å². The van der Waals surface area contributed by atoms with E-state index < -0.39 is 23.6 Å². The van der Waals surface area contributed by atoms with Crippen molar-refractivity contribution in [1.29, 1.82) is 0 Å². The van der Waals surface area contributed by atoms with Crippen LogP contribution in [-0.2, 0) is 6.18 Å². The number of nitrogens with two attached hydrogens (primary N) is 1. The first-order valence-electron chi connectivity index (χ1n) is 3.94. The van der Waals surface area contributed by atoms with Crippen molar-refractivity contribution in [2.75, 3.05) is 0 Å². The van der Waals surface area contributed by atoms with Crippen LogP contribution >= 0.6 is 0 Å². The quantitative estimate of drug-likeness (QED) is 0.567. The molecule has 0 spiro atoms. The highest BCUT2D eigenvalue weighted by Gasteiger charge is 2.31. The van der Waals surface area contributed by atoms with Crippen LogP contribution in [0.15, 0.2) is 18.2 Å². The average molecular weight is 217 g/mol. The summed E-state index contributed by atoms with van der Waals surface area (Å²) >= 11 is 0. The van der Waals surface area contributed by atoms with Gasteiger partial charge in [-0.05, 0) is 18.2 Å². The van der Waals surface area contributed by atoms with E-state index in [4.69, 9.17) is 12.2 Å². The Kier molecular flexibility index (Phi) is 3.01. The minimum Gasteiger partial charge on any atom is -0.314 e. The lowest BCUT2D eigenvalue weighted by Crippen LogP contribution is -2.12. The Bertz CT molecular complexity index is 403. The van der Waals surface area contributed by atoms with Gasteiger partial charge in [-0.25, -0.2) is 4.39 Å². The normalized spacial score (nSPS) is 13.3. The molecule has 15 heavy (non-hydrogen) atoms. The zero-order valence-corrected chi connectivity index (χ0v) is 7.48. The van der Waals surface area contributed by atoms with Crippen LogP contribution in [0.3, 0.4) is 0 Å². The molecule has 5 heteroatoms. The topological polar surface area (TPSA) is 26.0 Å². The maximum absolute atomic E-state index is 13.1. The highest BCUT2D eigenvalue weighted by Crippen LogP contribution is 2.31. The summed E-state index contributed by atoms with van der Waals surface area (Å²) in [5.74, 6) is 1.13. The van der Waals surface area contributed by atoms with Crippen LogP contribution in [0.2, 0.25) is 0 Å². The van der Waals surface area contributed by atoms with Gasteiger partial charge < -0.3 is 5.73 Å². The minimum atomic E-state index is -4.53. The summed E-state index contributed by atoms with van der Waals surface area (Å²) in [6, 6.07) is 0.796. The number of hydrogen-bond acceptors (Lipinski definition) is 1. The second-order valence-corrected chi connectivity index (χ2v) is 2.88. The van der Waals surface area contributed by atoms with Crippen molar-refractivity contribution in [1.82, 2.24) is 0 Å². The number of rotatable bonds is 1. The highest BCUT2D eigenvalue weighted by atomic mass is 19.4. The van der Waals surface area contributed by atoms with Crippen molar-refractivity contribution in [3.8, 4) is 12.3 Å². The minimum absolute atomic E-state index is 0.327.